The maximum absolute atomic E-state index is 5.28. The smallest absolute Gasteiger partial charge is 0.106 e. The topological polar surface area (TPSA) is 36.4 Å². The Morgan fingerprint density at radius 3 is 2.68 bits per heavy atom. The molecule has 0 amide bonds. The number of para-hydroxylation sites is 2. The van der Waals surface area contributed by atoms with E-state index >= 15 is 0 Å². The Morgan fingerprint density at radius 2 is 1.87 bits per heavy atom. The molecule has 1 saturated carbocycles. The van der Waals surface area contributed by atoms with Crippen molar-refractivity contribution in [3.63, 3.8) is 0 Å². The molecule has 2 aromatic rings. The fraction of sp³-hybridized carbons (Fsp3) is 0.346. The van der Waals surface area contributed by atoms with Gasteiger partial charge in [0.05, 0.1) is 36.1 Å². The van der Waals surface area contributed by atoms with Gasteiger partial charge in [0.1, 0.15) is 12.6 Å². The van der Waals surface area contributed by atoms with Crippen molar-refractivity contribution in [2.75, 3.05) is 25.6 Å². The summed E-state index contributed by atoms with van der Waals surface area (Å²) >= 11 is 0. The number of piperidine rings is 1. The maximum atomic E-state index is 5.28. The Balaban J connectivity index is 0.00000204. The molecule has 4 aliphatic rings. The Labute approximate surface area is 201 Å². The van der Waals surface area contributed by atoms with Crippen molar-refractivity contribution in [1.82, 2.24) is 5.43 Å². The van der Waals surface area contributed by atoms with Crippen molar-refractivity contribution in [1.29, 1.82) is 0 Å². The number of rotatable bonds is 3. The fourth-order valence-electron chi connectivity index (χ4n) is 6.71. The molecular formula is C26H29IN4. The number of hydrogen-bond acceptors (Lipinski definition) is 3. The average Bonchev–Trinajstić information content (AvgIpc) is 3.29. The molecule has 4 atom stereocenters. The molecule has 2 aromatic carbocycles. The molecule has 2 N–H and O–H groups in total. The summed E-state index contributed by atoms with van der Waals surface area (Å²) in [7, 11) is 2.47. The quantitative estimate of drug-likeness (QED) is 0.278. The predicted molar refractivity (Wildman–Crippen MR) is 123 cm³/mol. The third-order valence-corrected chi connectivity index (χ3v) is 8.07. The number of fused-ring (bicyclic) bond motifs is 2. The number of quaternary nitrogens is 1. The molecule has 1 aliphatic carbocycles. The number of benzene rings is 2. The standard InChI is InChI=1S/C26H29N4.HI/c1-3-18-17-30(2)14-13-26-22-11-7-8-12-23(22)28-25(26)21(20(18)15-24(26)30)16-27-29-19-9-5-4-6-10-19;/h3-12,16,20,24,27,29H,13-15,17H2,1-2H3;1H/q+1;/p-1/b18-3-,21-16+;/t20-,24-,26?,30?;/m0./s1. The Hall–Kier alpha value is -2.12. The van der Waals surface area contributed by atoms with E-state index < -0.39 is 0 Å². The van der Waals surface area contributed by atoms with E-state index in [1.165, 1.54) is 41.9 Å². The van der Waals surface area contributed by atoms with Gasteiger partial charge in [-0.1, -0.05) is 42.5 Å². The first kappa shape index (κ1) is 20.8. The number of aliphatic imine (C=N–C) groups is 1. The first-order valence-corrected chi connectivity index (χ1v) is 11.1. The van der Waals surface area contributed by atoms with Crippen LogP contribution in [0.2, 0.25) is 0 Å². The van der Waals surface area contributed by atoms with Crippen LogP contribution >= 0.6 is 0 Å². The second-order valence-electron chi connectivity index (χ2n) is 9.46. The summed E-state index contributed by atoms with van der Waals surface area (Å²) in [6, 6.07) is 19.8. The lowest BCUT2D eigenvalue weighted by Crippen LogP contribution is -3.00. The van der Waals surface area contributed by atoms with Gasteiger partial charge in [0.15, 0.2) is 0 Å². The molecule has 3 fully saturated rings. The van der Waals surface area contributed by atoms with Crippen LogP contribution in [0, 0.1) is 5.92 Å². The Morgan fingerprint density at radius 1 is 1.10 bits per heavy atom. The molecule has 3 heterocycles. The van der Waals surface area contributed by atoms with E-state index in [1.54, 1.807) is 5.57 Å². The van der Waals surface area contributed by atoms with E-state index in [0.717, 1.165) is 16.7 Å². The summed E-state index contributed by atoms with van der Waals surface area (Å²) in [6.07, 6.45) is 6.95. The van der Waals surface area contributed by atoms with Gasteiger partial charge in [-0.3, -0.25) is 4.99 Å². The second-order valence-corrected chi connectivity index (χ2v) is 9.46. The van der Waals surface area contributed by atoms with Gasteiger partial charge in [0, 0.05) is 25.0 Å². The number of nitrogens with one attached hydrogen (secondary N) is 2. The molecule has 2 saturated heterocycles. The number of anilines is 1. The van der Waals surface area contributed by atoms with Crippen LogP contribution in [0.25, 0.3) is 0 Å². The van der Waals surface area contributed by atoms with Gasteiger partial charge >= 0.3 is 0 Å². The molecule has 6 rings (SSSR count). The molecule has 4 nitrogen and oxygen atoms in total. The van der Waals surface area contributed by atoms with Crippen molar-refractivity contribution < 1.29 is 28.5 Å². The molecule has 31 heavy (non-hydrogen) atoms. The van der Waals surface area contributed by atoms with Crippen molar-refractivity contribution in [2.24, 2.45) is 10.9 Å². The summed E-state index contributed by atoms with van der Waals surface area (Å²) in [4.78, 5) is 5.28. The third kappa shape index (κ3) is 2.85. The molecule has 0 aromatic heterocycles. The number of hydrogen-bond donors (Lipinski definition) is 2. The van der Waals surface area contributed by atoms with Crippen LogP contribution in [0.1, 0.15) is 25.3 Å². The molecule has 5 heteroatoms. The largest absolute Gasteiger partial charge is 1.00 e. The molecule has 160 valence electrons. The van der Waals surface area contributed by atoms with Crippen molar-refractivity contribution in [3.8, 4) is 0 Å². The molecular weight excluding hydrogens is 495 g/mol. The highest BCUT2D eigenvalue weighted by Crippen LogP contribution is 2.61. The van der Waals surface area contributed by atoms with Gasteiger partial charge < -0.3 is 39.3 Å². The number of halogens is 1. The van der Waals surface area contributed by atoms with Crippen LogP contribution in [-0.2, 0) is 5.41 Å². The number of allylic oxidation sites excluding steroid dienone is 2. The normalized spacial score (nSPS) is 34.6. The second kappa shape index (κ2) is 7.48. The third-order valence-electron chi connectivity index (χ3n) is 8.07. The van der Waals surface area contributed by atoms with Gasteiger partial charge in [-0.25, -0.2) is 0 Å². The zero-order chi connectivity index (χ0) is 20.3. The minimum atomic E-state index is 0. The van der Waals surface area contributed by atoms with Crippen molar-refractivity contribution >= 4 is 17.1 Å². The fourth-order valence-corrected chi connectivity index (χ4v) is 6.71. The number of hydrazine groups is 1. The van der Waals surface area contributed by atoms with Crippen molar-refractivity contribution in [3.05, 3.63) is 83.6 Å². The predicted octanol–water partition coefficient (Wildman–Crippen LogP) is 1.71. The van der Waals surface area contributed by atoms with Crippen LogP contribution in [0.15, 0.2) is 83.0 Å². The highest BCUT2D eigenvalue weighted by molar-refractivity contribution is 6.14. The Bertz CT molecular complexity index is 1110. The minimum absolute atomic E-state index is 0. The molecule has 0 radical (unpaired) electrons. The van der Waals surface area contributed by atoms with Crippen LogP contribution < -0.4 is 34.8 Å². The number of likely N-dealkylation sites (N-methyl/N-ethyl adjacent to an activating group) is 1. The zero-order valence-electron chi connectivity index (χ0n) is 18.1. The van der Waals surface area contributed by atoms with Gasteiger partial charge in [-0.2, -0.15) is 0 Å². The summed E-state index contributed by atoms with van der Waals surface area (Å²) in [6.45, 7) is 4.59. The lowest BCUT2D eigenvalue weighted by Gasteiger charge is -2.52. The van der Waals surface area contributed by atoms with Crippen LogP contribution in [0.3, 0.4) is 0 Å². The summed E-state index contributed by atoms with van der Waals surface area (Å²) in [5.41, 5.74) is 14.8. The molecule has 1 spiro atoms. The summed E-state index contributed by atoms with van der Waals surface area (Å²) < 4.78 is 1.16. The van der Waals surface area contributed by atoms with E-state index in [9.17, 15) is 0 Å². The summed E-state index contributed by atoms with van der Waals surface area (Å²) in [5, 5.41) is 0. The first-order valence-electron chi connectivity index (χ1n) is 11.1. The van der Waals surface area contributed by atoms with E-state index in [0.29, 0.717) is 12.0 Å². The van der Waals surface area contributed by atoms with E-state index in [-0.39, 0.29) is 29.4 Å². The zero-order valence-corrected chi connectivity index (χ0v) is 20.3. The maximum Gasteiger partial charge on any atom is 0.106 e. The molecule has 3 aliphatic heterocycles. The summed E-state index contributed by atoms with van der Waals surface area (Å²) in [5.74, 6) is 0.454. The average molecular weight is 524 g/mol. The molecule has 2 unspecified atom stereocenters. The Kier molecular flexibility index (Phi) is 5.01. The van der Waals surface area contributed by atoms with E-state index in [2.05, 4.69) is 73.5 Å². The van der Waals surface area contributed by atoms with Crippen molar-refractivity contribution in [2.45, 2.75) is 31.2 Å². The van der Waals surface area contributed by atoms with E-state index in [4.69, 9.17) is 4.99 Å². The van der Waals surface area contributed by atoms with Gasteiger partial charge in [-0.15, -0.1) is 0 Å². The van der Waals surface area contributed by atoms with Gasteiger partial charge in [-0.05, 0) is 41.8 Å². The lowest BCUT2D eigenvalue weighted by atomic mass is 9.58. The SMILES string of the molecule is C/C=C1/C[N+]2(C)CCC34C(=Nc5ccccc53)/C(=C/NNc3ccccc3)[C@H]1C[C@@H]42.[I-]. The number of nitrogens with zero attached hydrogens (tertiary/aromatic N) is 2. The van der Waals surface area contributed by atoms with E-state index in [1.807, 2.05) is 18.2 Å². The highest BCUT2D eigenvalue weighted by Gasteiger charge is 2.68. The molecule has 2 bridgehead atoms. The van der Waals surface area contributed by atoms with Gasteiger partial charge in [0.2, 0.25) is 0 Å². The minimum Gasteiger partial charge on any atom is -1.00 e. The van der Waals surface area contributed by atoms with Crippen LogP contribution in [0.4, 0.5) is 11.4 Å². The highest BCUT2D eigenvalue weighted by atomic mass is 127. The van der Waals surface area contributed by atoms with Crippen LogP contribution in [0.5, 0.6) is 0 Å². The lowest BCUT2D eigenvalue weighted by molar-refractivity contribution is -0.923. The first-order chi connectivity index (χ1) is 14.7. The van der Waals surface area contributed by atoms with Crippen LogP contribution in [-0.4, -0.2) is 36.4 Å². The van der Waals surface area contributed by atoms with Gasteiger partial charge in [0.25, 0.3) is 0 Å². The monoisotopic (exact) mass is 524 g/mol.